The summed E-state index contributed by atoms with van der Waals surface area (Å²) in [5, 5.41) is 5.49. The predicted octanol–water partition coefficient (Wildman–Crippen LogP) is 14.5. The lowest BCUT2D eigenvalue weighted by Gasteiger charge is -2.34. The first-order chi connectivity index (χ1) is 28.1. The monoisotopic (exact) mass is 732 g/mol. The van der Waals surface area contributed by atoms with Crippen molar-refractivity contribution >= 4 is 38.7 Å². The number of aromatic nitrogens is 2. The van der Waals surface area contributed by atoms with Gasteiger partial charge in [-0.1, -0.05) is 171 Å². The van der Waals surface area contributed by atoms with Crippen molar-refractivity contribution in [2.75, 3.05) is 0 Å². The first-order valence-corrected chi connectivity index (χ1v) is 20.6. The average molecular weight is 733 g/mol. The number of hydrogen-bond donors (Lipinski definition) is 0. The van der Waals surface area contributed by atoms with Gasteiger partial charge in [-0.3, -0.25) is 4.57 Å². The van der Waals surface area contributed by atoms with Crippen LogP contribution in [0.3, 0.4) is 0 Å². The van der Waals surface area contributed by atoms with Gasteiger partial charge in [0.1, 0.15) is 5.82 Å². The SMILES string of the molecule is CC1C2=C(C=CCC2)C=CC1c1c2ccccc2c(C2C=Cc3ccccc3C2C)c2ccc(-c3ccc(-c4nc5ccccc5n4-c4ccccc4)cc3)cc12. The van der Waals surface area contributed by atoms with E-state index in [9.17, 15) is 0 Å². The molecule has 1 heterocycles. The van der Waals surface area contributed by atoms with E-state index in [4.69, 9.17) is 4.98 Å². The Morgan fingerprint density at radius 1 is 0.544 bits per heavy atom. The lowest BCUT2D eigenvalue weighted by atomic mass is 9.69. The number of para-hydroxylation sites is 3. The van der Waals surface area contributed by atoms with Gasteiger partial charge in [-0.25, -0.2) is 4.98 Å². The van der Waals surface area contributed by atoms with Crippen molar-refractivity contribution < 1.29 is 0 Å². The van der Waals surface area contributed by atoms with Crippen LogP contribution in [-0.2, 0) is 0 Å². The molecule has 11 rings (SSSR count). The van der Waals surface area contributed by atoms with E-state index in [1.165, 1.54) is 60.5 Å². The second-order valence-corrected chi connectivity index (χ2v) is 16.2. The number of benzene rings is 7. The number of hydrogen-bond acceptors (Lipinski definition) is 1. The van der Waals surface area contributed by atoms with E-state index < -0.39 is 0 Å². The van der Waals surface area contributed by atoms with Crippen molar-refractivity contribution in [3.8, 4) is 28.2 Å². The van der Waals surface area contributed by atoms with Crippen LogP contribution in [-0.4, -0.2) is 9.55 Å². The molecule has 0 amide bonds. The molecule has 0 radical (unpaired) electrons. The van der Waals surface area contributed by atoms with Crippen LogP contribution in [0.15, 0.2) is 187 Å². The molecule has 1 aromatic heterocycles. The Labute approximate surface area is 334 Å². The highest BCUT2D eigenvalue weighted by Crippen LogP contribution is 2.51. The van der Waals surface area contributed by atoms with Gasteiger partial charge in [0, 0.05) is 23.1 Å². The average Bonchev–Trinajstić information content (AvgIpc) is 3.67. The molecule has 3 aliphatic rings. The summed E-state index contributed by atoms with van der Waals surface area (Å²) in [6, 6.07) is 53.5. The van der Waals surface area contributed by atoms with E-state index in [1.54, 1.807) is 5.57 Å². The van der Waals surface area contributed by atoms with Crippen molar-refractivity contribution in [2.24, 2.45) is 5.92 Å². The van der Waals surface area contributed by atoms with Crippen LogP contribution in [0.4, 0.5) is 0 Å². The predicted molar refractivity (Wildman–Crippen MR) is 240 cm³/mol. The van der Waals surface area contributed by atoms with Crippen LogP contribution in [0.5, 0.6) is 0 Å². The molecule has 4 unspecified atom stereocenters. The standard InChI is InChI=1S/C55H44N2/c1-35-43-18-8-6-14-38(43)28-31-45(35)53-47-20-10-11-21-48(47)54(46-32-29-39-15-7-9-19-44(39)36(46)2)50-34-41(30-33-49(50)53)37-24-26-40(27-25-37)55-56-51-22-12-13-23-52(51)57(55)42-16-4-3-5-17-42/h3-8,10-18,20-36,45-46H,9,19H2,1-2H3. The zero-order valence-electron chi connectivity index (χ0n) is 32.4. The lowest BCUT2D eigenvalue weighted by molar-refractivity contribution is 0.572. The summed E-state index contributed by atoms with van der Waals surface area (Å²) < 4.78 is 2.28. The number of fused-ring (bicyclic) bond motifs is 4. The third kappa shape index (κ3) is 5.50. The largest absolute Gasteiger partial charge is 0.292 e. The van der Waals surface area contributed by atoms with E-state index in [1.807, 2.05) is 0 Å². The first-order valence-electron chi connectivity index (χ1n) is 20.6. The molecule has 8 aromatic rings. The maximum atomic E-state index is 5.15. The fourth-order valence-electron chi connectivity index (χ4n) is 10.3. The Balaban J connectivity index is 1.09. The Bertz CT molecular complexity index is 2990. The second-order valence-electron chi connectivity index (χ2n) is 16.2. The maximum absolute atomic E-state index is 5.15. The Hall–Kier alpha value is -6.51. The van der Waals surface area contributed by atoms with Crippen LogP contribution >= 0.6 is 0 Å². The Morgan fingerprint density at radius 2 is 1.19 bits per heavy atom. The van der Waals surface area contributed by atoms with Gasteiger partial charge in [-0.15, -0.1) is 0 Å². The van der Waals surface area contributed by atoms with Crippen LogP contribution in [0, 0.1) is 5.92 Å². The molecule has 0 N–H and O–H groups in total. The minimum atomic E-state index is 0.257. The van der Waals surface area contributed by atoms with Crippen LogP contribution in [0.2, 0.25) is 0 Å². The number of imidazole rings is 1. The zero-order valence-corrected chi connectivity index (χ0v) is 32.4. The molecule has 57 heavy (non-hydrogen) atoms. The highest BCUT2D eigenvalue weighted by atomic mass is 15.1. The van der Waals surface area contributed by atoms with Gasteiger partial charge in [0.05, 0.1) is 11.0 Å². The summed E-state index contributed by atoms with van der Waals surface area (Å²) in [7, 11) is 0. The van der Waals surface area contributed by atoms with Gasteiger partial charge in [0.2, 0.25) is 0 Å². The molecule has 2 heteroatoms. The van der Waals surface area contributed by atoms with Crippen LogP contribution < -0.4 is 0 Å². The zero-order chi connectivity index (χ0) is 38.0. The van der Waals surface area contributed by atoms with Crippen molar-refractivity contribution in [3.05, 3.63) is 209 Å². The molecule has 2 nitrogen and oxygen atoms in total. The van der Waals surface area contributed by atoms with E-state index >= 15 is 0 Å². The summed E-state index contributed by atoms with van der Waals surface area (Å²) in [6.07, 6.45) is 16.7. The maximum Gasteiger partial charge on any atom is 0.145 e. The van der Waals surface area contributed by atoms with Crippen molar-refractivity contribution in [2.45, 2.75) is 44.4 Å². The molecule has 0 saturated heterocycles. The topological polar surface area (TPSA) is 17.8 Å². The normalized spacial score (nSPS) is 20.0. The third-order valence-electron chi connectivity index (χ3n) is 13.2. The van der Waals surface area contributed by atoms with E-state index in [0.717, 1.165) is 41.0 Å². The minimum absolute atomic E-state index is 0.257. The van der Waals surface area contributed by atoms with E-state index in [-0.39, 0.29) is 11.8 Å². The quantitative estimate of drug-likeness (QED) is 0.161. The summed E-state index contributed by atoms with van der Waals surface area (Å²) in [6.45, 7) is 4.88. The summed E-state index contributed by atoms with van der Waals surface area (Å²) in [5.41, 5.74) is 15.4. The van der Waals surface area contributed by atoms with Gasteiger partial charge in [-0.2, -0.15) is 0 Å². The molecule has 0 spiro atoms. The van der Waals surface area contributed by atoms with Crippen molar-refractivity contribution in [1.29, 1.82) is 0 Å². The van der Waals surface area contributed by atoms with Gasteiger partial charge in [0.15, 0.2) is 0 Å². The molecule has 3 aliphatic carbocycles. The smallest absolute Gasteiger partial charge is 0.145 e. The van der Waals surface area contributed by atoms with Gasteiger partial charge in [0.25, 0.3) is 0 Å². The molecule has 0 aliphatic heterocycles. The number of nitrogens with zero attached hydrogens (tertiary/aromatic N) is 2. The molecule has 7 aromatic carbocycles. The fourth-order valence-corrected chi connectivity index (χ4v) is 10.3. The Morgan fingerprint density at radius 3 is 2.04 bits per heavy atom. The highest BCUT2D eigenvalue weighted by molar-refractivity contribution is 6.08. The fraction of sp³-hybridized carbons (Fsp3) is 0.145. The number of allylic oxidation sites excluding steroid dienone is 7. The molecule has 0 saturated carbocycles. The third-order valence-corrected chi connectivity index (χ3v) is 13.2. The van der Waals surface area contributed by atoms with Crippen molar-refractivity contribution in [1.82, 2.24) is 9.55 Å². The van der Waals surface area contributed by atoms with Gasteiger partial charge in [-0.05, 0) is 116 Å². The molecular formula is C55H44N2. The second kappa shape index (κ2) is 13.6. The van der Waals surface area contributed by atoms with Crippen LogP contribution in [0.1, 0.15) is 66.7 Å². The van der Waals surface area contributed by atoms with Gasteiger partial charge < -0.3 is 0 Å². The van der Waals surface area contributed by atoms with Crippen LogP contribution in [0.25, 0.3) is 66.9 Å². The first kappa shape index (κ1) is 33.8. The number of rotatable bonds is 5. The molecule has 4 atom stereocenters. The summed E-state index contributed by atoms with van der Waals surface area (Å²) >= 11 is 0. The molecule has 0 bridgehead atoms. The van der Waals surface area contributed by atoms with E-state index in [0.29, 0.717) is 11.8 Å². The summed E-state index contributed by atoms with van der Waals surface area (Å²) in [5.74, 6) is 2.25. The van der Waals surface area contributed by atoms with Gasteiger partial charge >= 0.3 is 0 Å². The minimum Gasteiger partial charge on any atom is -0.292 e. The highest BCUT2D eigenvalue weighted by Gasteiger charge is 2.32. The molecular weight excluding hydrogens is 689 g/mol. The summed E-state index contributed by atoms with van der Waals surface area (Å²) in [4.78, 5) is 5.15. The molecule has 0 fully saturated rings. The van der Waals surface area contributed by atoms with Crippen molar-refractivity contribution in [3.63, 3.8) is 0 Å². The Kier molecular flexibility index (Phi) is 8.07. The lowest BCUT2D eigenvalue weighted by Crippen LogP contribution is -2.18. The van der Waals surface area contributed by atoms with E-state index in [2.05, 4.69) is 200 Å². The molecule has 274 valence electrons.